The van der Waals surface area contributed by atoms with Crippen LogP contribution < -0.4 is 19.5 Å². The molecule has 0 bridgehead atoms. The third-order valence-corrected chi connectivity index (χ3v) is 6.48. The minimum Gasteiger partial charge on any atom is -0.493 e. The van der Waals surface area contributed by atoms with E-state index in [-0.39, 0.29) is 5.54 Å². The lowest BCUT2D eigenvalue weighted by Gasteiger charge is -2.48. The summed E-state index contributed by atoms with van der Waals surface area (Å²) >= 11 is 0. The van der Waals surface area contributed by atoms with Crippen LogP contribution in [0.2, 0.25) is 0 Å². The predicted octanol–water partition coefficient (Wildman–Crippen LogP) is 3.10. The van der Waals surface area contributed by atoms with E-state index in [9.17, 15) is 0 Å². The molecule has 1 aromatic carbocycles. The molecule has 8 nitrogen and oxygen atoms in total. The van der Waals surface area contributed by atoms with Crippen LogP contribution in [0, 0.1) is 0 Å². The number of benzene rings is 1. The largest absolute Gasteiger partial charge is 0.493 e. The molecule has 2 heterocycles. The van der Waals surface area contributed by atoms with E-state index < -0.39 is 0 Å². The number of aromatic nitrogens is 2. The van der Waals surface area contributed by atoms with Crippen molar-refractivity contribution in [3.8, 4) is 17.2 Å². The normalized spacial score (nSPS) is 19.4. The number of methoxy groups -OCH3 is 3. The highest BCUT2D eigenvalue weighted by Crippen LogP contribution is 2.44. The fraction of sp³-hybridized carbons (Fsp3) is 0.636. The van der Waals surface area contributed by atoms with Gasteiger partial charge < -0.3 is 24.3 Å². The van der Waals surface area contributed by atoms with E-state index in [1.807, 2.05) is 6.07 Å². The highest BCUT2D eigenvalue weighted by molar-refractivity contribution is 5.96. The van der Waals surface area contributed by atoms with Gasteiger partial charge in [-0.25, -0.2) is 9.97 Å². The molecule has 2 fully saturated rings. The van der Waals surface area contributed by atoms with Crippen molar-refractivity contribution in [1.82, 2.24) is 14.9 Å². The summed E-state index contributed by atoms with van der Waals surface area (Å²) in [7, 11) is 4.83. The molecule has 2 aliphatic rings. The highest BCUT2D eigenvalue weighted by atomic mass is 16.5. The quantitative estimate of drug-likeness (QED) is 0.738. The van der Waals surface area contributed by atoms with Crippen LogP contribution >= 0.6 is 0 Å². The van der Waals surface area contributed by atoms with E-state index in [1.165, 1.54) is 32.1 Å². The number of nitrogens with zero attached hydrogens (tertiary/aromatic N) is 3. The zero-order chi connectivity index (χ0) is 21.0. The summed E-state index contributed by atoms with van der Waals surface area (Å²) in [5, 5.41) is 4.51. The molecule has 0 spiro atoms. The Bertz CT molecular complexity index is 864. The minimum absolute atomic E-state index is 0.139. The van der Waals surface area contributed by atoms with Crippen molar-refractivity contribution in [2.24, 2.45) is 0 Å². The third kappa shape index (κ3) is 3.86. The van der Waals surface area contributed by atoms with Crippen molar-refractivity contribution in [3.05, 3.63) is 12.4 Å². The van der Waals surface area contributed by atoms with Crippen molar-refractivity contribution >= 4 is 16.7 Å². The number of morpholine rings is 1. The Balaban J connectivity index is 1.67. The molecule has 1 aliphatic heterocycles. The molecule has 164 valence electrons. The number of anilines is 1. The first-order valence-electron chi connectivity index (χ1n) is 10.7. The van der Waals surface area contributed by atoms with Crippen molar-refractivity contribution in [2.75, 3.05) is 59.5 Å². The van der Waals surface area contributed by atoms with Crippen LogP contribution in [-0.2, 0) is 4.74 Å². The Kier molecular flexibility index (Phi) is 6.43. The Labute approximate surface area is 177 Å². The third-order valence-electron chi connectivity index (χ3n) is 6.48. The number of hydrogen-bond acceptors (Lipinski definition) is 8. The molecule has 30 heavy (non-hydrogen) atoms. The molecule has 0 amide bonds. The predicted molar refractivity (Wildman–Crippen MR) is 116 cm³/mol. The average molecular weight is 417 g/mol. The summed E-state index contributed by atoms with van der Waals surface area (Å²) in [5.74, 6) is 2.48. The van der Waals surface area contributed by atoms with Gasteiger partial charge in [0.15, 0.2) is 11.5 Å². The smallest absolute Gasteiger partial charge is 0.205 e. The number of nitrogens with one attached hydrogen (secondary N) is 1. The van der Waals surface area contributed by atoms with Crippen LogP contribution in [0.5, 0.6) is 17.2 Å². The monoisotopic (exact) mass is 416 g/mol. The number of ether oxygens (including phenoxy) is 4. The maximum Gasteiger partial charge on any atom is 0.205 e. The molecule has 0 unspecified atom stereocenters. The van der Waals surface area contributed by atoms with E-state index >= 15 is 0 Å². The zero-order valence-electron chi connectivity index (χ0n) is 18.2. The molecule has 2 aromatic rings. The molecule has 0 radical (unpaired) electrons. The molecule has 1 aromatic heterocycles. The van der Waals surface area contributed by atoms with Crippen molar-refractivity contribution in [1.29, 1.82) is 0 Å². The van der Waals surface area contributed by atoms with Crippen molar-refractivity contribution < 1.29 is 18.9 Å². The Morgan fingerprint density at radius 2 is 1.73 bits per heavy atom. The second-order valence-corrected chi connectivity index (χ2v) is 8.00. The summed E-state index contributed by atoms with van der Waals surface area (Å²) in [4.78, 5) is 11.6. The molecular formula is C22H32N4O4. The van der Waals surface area contributed by atoms with Gasteiger partial charge in [0.05, 0.1) is 39.9 Å². The van der Waals surface area contributed by atoms with Gasteiger partial charge in [-0.2, -0.15) is 0 Å². The molecule has 1 aliphatic carbocycles. The first kappa shape index (κ1) is 20.9. The Hall–Kier alpha value is -2.32. The summed E-state index contributed by atoms with van der Waals surface area (Å²) < 4.78 is 22.3. The van der Waals surface area contributed by atoms with E-state index in [2.05, 4.69) is 20.2 Å². The van der Waals surface area contributed by atoms with Crippen LogP contribution in [0.1, 0.15) is 32.1 Å². The topological polar surface area (TPSA) is 78.0 Å². The van der Waals surface area contributed by atoms with Crippen molar-refractivity contribution in [3.63, 3.8) is 0 Å². The Morgan fingerprint density at radius 3 is 2.40 bits per heavy atom. The molecule has 1 N–H and O–H groups in total. The van der Waals surface area contributed by atoms with Crippen LogP contribution in [0.15, 0.2) is 12.4 Å². The summed E-state index contributed by atoms with van der Waals surface area (Å²) in [6.07, 6.45) is 7.82. The maximum atomic E-state index is 5.61. The number of fused-ring (bicyclic) bond motifs is 1. The lowest BCUT2D eigenvalue weighted by atomic mass is 9.79. The number of rotatable bonds is 7. The molecular weight excluding hydrogens is 384 g/mol. The van der Waals surface area contributed by atoms with Crippen LogP contribution in [-0.4, -0.2) is 74.6 Å². The second-order valence-electron chi connectivity index (χ2n) is 8.00. The lowest BCUT2D eigenvalue weighted by Crippen LogP contribution is -2.58. The standard InChI is InChI=1S/C22H32N4O4/c1-27-17-13-16-18(20(29-3)19(17)28-2)24-15-25-21(16)23-14-22(7-5-4-6-8-22)26-9-11-30-12-10-26/h13,15H,4-12,14H2,1-3H3,(H,23,24,25). The van der Waals surface area contributed by atoms with Gasteiger partial charge in [0.2, 0.25) is 5.75 Å². The highest BCUT2D eigenvalue weighted by Gasteiger charge is 2.38. The summed E-state index contributed by atoms with van der Waals surface area (Å²) in [6, 6.07) is 1.92. The second kappa shape index (κ2) is 9.22. The van der Waals surface area contributed by atoms with E-state index in [1.54, 1.807) is 27.7 Å². The Morgan fingerprint density at radius 1 is 1.00 bits per heavy atom. The fourth-order valence-electron chi connectivity index (χ4n) is 4.91. The van der Waals surface area contributed by atoms with E-state index in [0.717, 1.165) is 44.1 Å². The molecule has 0 atom stereocenters. The van der Waals surface area contributed by atoms with E-state index in [4.69, 9.17) is 18.9 Å². The van der Waals surface area contributed by atoms with Gasteiger partial charge in [0.1, 0.15) is 17.7 Å². The molecule has 8 heteroatoms. The van der Waals surface area contributed by atoms with Gasteiger partial charge in [-0.1, -0.05) is 19.3 Å². The molecule has 1 saturated heterocycles. The maximum absolute atomic E-state index is 5.61. The first-order chi connectivity index (χ1) is 14.7. The van der Waals surface area contributed by atoms with Gasteiger partial charge in [0, 0.05) is 25.2 Å². The molecule has 1 saturated carbocycles. The number of hydrogen-bond donors (Lipinski definition) is 1. The minimum atomic E-state index is 0.139. The van der Waals surface area contributed by atoms with Crippen LogP contribution in [0.25, 0.3) is 10.9 Å². The first-order valence-corrected chi connectivity index (χ1v) is 10.7. The average Bonchev–Trinajstić information content (AvgIpc) is 2.82. The van der Waals surface area contributed by atoms with Gasteiger partial charge in [-0.05, 0) is 18.9 Å². The lowest BCUT2D eigenvalue weighted by molar-refractivity contribution is -0.0318. The van der Waals surface area contributed by atoms with E-state index in [0.29, 0.717) is 22.8 Å². The van der Waals surface area contributed by atoms with Crippen LogP contribution in [0.3, 0.4) is 0 Å². The van der Waals surface area contributed by atoms with Gasteiger partial charge >= 0.3 is 0 Å². The fourth-order valence-corrected chi connectivity index (χ4v) is 4.91. The van der Waals surface area contributed by atoms with Crippen molar-refractivity contribution in [2.45, 2.75) is 37.6 Å². The van der Waals surface area contributed by atoms with Gasteiger partial charge in [-0.3, -0.25) is 4.90 Å². The summed E-state index contributed by atoms with van der Waals surface area (Å²) in [6.45, 7) is 4.45. The van der Waals surface area contributed by atoms with Gasteiger partial charge in [-0.15, -0.1) is 0 Å². The SMILES string of the molecule is COc1cc2c(NCC3(N4CCOCC4)CCCCC3)ncnc2c(OC)c1OC. The summed E-state index contributed by atoms with van der Waals surface area (Å²) in [5.41, 5.74) is 0.844. The molecule has 4 rings (SSSR count). The van der Waals surface area contributed by atoms with Crippen LogP contribution in [0.4, 0.5) is 5.82 Å². The van der Waals surface area contributed by atoms with Gasteiger partial charge in [0.25, 0.3) is 0 Å². The zero-order valence-corrected chi connectivity index (χ0v) is 18.2.